The highest BCUT2D eigenvalue weighted by molar-refractivity contribution is 6.00. The van der Waals surface area contributed by atoms with Crippen molar-refractivity contribution in [2.45, 2.75) is 90.0 Å². The zero-order valence-electron chi connectivity index (χ0n) is 16.2. The van der Waals surface area contributed by atoms with Crippen molar-refractivity contribution in [1.82, 2.24) is 4.90 Å². The fraction of sp³-hybridized carbons (Fsp3) is 0.696. The van der Waals surface area contributed by atoms with E-state index in [0.717, 1.165) is 25.1 Å². The van der Waals surface area contributed by atoms with Crippen molar-refractivity contribution in [3.63, 3.8) is 0 Å². The van der Waals surface area contributed by atoms with Gasteiger partial charge in [-0.1, -0.05) is 95.0 Å². The SMILES string of the molecule is CCCCCCCCCC[C@@H](C(=O)c1ccccc1)N1CCCCC1. The minimum absolute atomic E-state index is 0.0998. The van der Waals surface area contributed by atoms with E-state index in [4.69, 9.17) is 0 Å². The lowest BCUT2D eigenvalue weighted by Crippen LogP contribution is -2.44. The van der Waals surface area contributed by atoms with E-state index in [0.29, 0.717) is 5.78 Å². The van der Waals surface area contributed by atoms with Gasteiger partial charge in [-0.05, 0) is 32.4 Å². The minimum atomic E-state index is 0.0998. The number of carbonyl (C=O) groups excluding carboxylic acids is 1. The Morgan fingerprint density at radius 2 is 1.48 bits per heavy atom. The molecular weight excluding hydrogens is 306 g/mol. The van der Waals surface area contributed by atoms with E-state index < -0.39 is 0 Å². The Morgan fingerprint density at radius 1 is 0.880 bits per heavy atom. The number of Topliss-reactive ketones (excluding diaryl/α,β-unsaturated/α-hetero) is 1. The second kappa shape index (κ2) is 12.2. The number of piperidine rings is 1. The minimum Gasteiger partial charge on any atom is -0.293 e. The predicted octanol–water partition coefficient (Wildman–Crippen LogP) is 6.25. The lowest BCUT2D eigenvalue weighted by atomic mass is 9.95. The van der Waals surface area contributed by atoms with Gasteiger partial charge in [0.2, 0.25) is 0 Å². The Balaban J connectivity index is 1.80. The zero-order chi connectivity index (χ0) is 17.7. The van der Waals surface area contributed by atoms with Crippen LogP contribution >= 0.6 is 0 Å². The second-order valence-corrected chi connectivity index (χ2v) is 7.61. The van der Waals surface area contributed by atoms with Gasteiger partial charge in [-0.25, -0.2) is 0 Å². The summed E-state index contributed by atoms with van der Waals surface area (Å²) in [6.07, 6.45) is 15.5. The quantitative estimate of drug-likeness (QED) is 0.330. The van der Waals surface area contributed by atoms with Crippen LogP contribution in [0.4, 0.5) is 0 Å². The van der Waals surface area contributed by atoms with E-state index in [1.54, 1.807) is 0 Å². The molecule has 2 nitrogen and oxygen atoms in total. The molecule has 0 bridgehead atoms. The van der Waals surface area contributed by atoms with Gasteiger partial charge in [0.25, 0.3) is 0 Å². The van der Waals surface area contributed by atoms with Crippen LogP contribution in [0.3, 0.4) is 0 Å². The number of carbonyl (C=O) groups is 1. The van der Waals surface area contributed by atoms with E-state index in [2.05, 4.69) is 11.8 Å². The number of hydrogen-bond donors (Lipinski definition) is 0. The number of unbranched alkanes of at least 4 members (excludes halogenated alkanes) is 7. The average Bonchev–Trinajstić information content (AvgIpc) is 2.68. The lowest BCUT2D eigenvalue weighted by molar-refractivity contribution is 0.0764. The molecule has 1 aliphatic heterocycles. The summed E-state index contributed by atoms with van der Waals surface area (Å²) in [4.78, 5) is 15.5. The number of rotatable bonds is 12. The van der Waals surface area contributed by atoms with Crippen LogP contribution in [-0.2, 0) is 0 Å². The summed E-state index contributed by atoms with van der Waals surface area (Å²) in [7, 11) is 0. The van der Waals surface area contributed by atoms with Gasteiger partial charge >= 0.3 is 0 Å². The summed E-state index contributed by atoms with van der Waals surface area (Å²) >= 11 is 0. The summed E-state index contributed by atoms with van der Waals surface area (Å²) in [6, 6.07) is 10.0. The Kier molecular flexibility index (Phi) is 9.88. The molecule has 1 heterocycles. The summed E-state index contributed by atoms with van der Waals surface area (Å²) in [5, 5.41) is 0. The molecule has 0 N–H and O–H groups in total. The van der Waals surface area contributed by atoms with Crippen LogP contribution in [0.25, 0.3) is 0 Å². The fourth-order valence-electron chi connectivity index (χ4n) is 3.98. The topological polar surface area (TPSA) is 20.3 Å². The number of hydrogen-bond acceptors (Lipinski definition) is 2. The third-order valence-electron chi connectivity index (χ3n) is 5.52. The van der Waals surface area contributed by atoms with Crippen LogP contribution in [-0.4, -0.2) is 29.8 Å². The highest BCUT2D eigenvalue weighted by Crippen LogP contribution is 2.21. The number of likely N-dealkylation sites (tertiary alicyclic amines) is 1. The molecule has 140 valence electrons. The van der Waals surface area contributed by atoms with Crippen LogP contribution in [0.5, 0.6) is 0 Å². The predicted molar refractivity (Wildman–Crippen MR) is 107 cm³/mol. The molecule has 1 aromatic rings. The first-order valence-corrected chi connectivity index (χ1v) is 10.7. The maximum Gasteiger partial charge on any atom is 0.179 e. The molecule has 0 saturated carbocycles. The second-order valence-electron chi connectivity index (χ2n) is 7.61. The van der Waals surface area contributed by atoms with E-state index in [-0.39, 0.29) is 6.04 Å². The molecule has 0 aromatic heterocycles. The molecule has 25 heavy (non-hydrogen) atoms. The van der Waals surface area contributed by atoms with E-state index in [1.165, 1.54) is 70.6 Å². The van der Waals surface area contributed by atoms with E-state index in [1.807, 2.05) is 30.3 Å². The fourth-order valence-corrected chi connectivity index (χ4v) is 3.98. The van der Waals surface area contributed by atoms with Crippen molar-refractivity contribution in [2.24, 2.45) is 0 Å². The highest BCUT2D eigenvalue weighted by Gasteiger charge is 2.27. The molecule has 1 atom stereocenters. The molecule has 0 unspecified atom stereocenters. The molecule has 0 aliphatic carbocycles. The van der Waals surface area contributed by atoms with Crippen molar-refractivity contribution in [2.75, 3.05) is 13.1 Å². The monoisotopic (exact) mass is 343 g/mol. The third kappa shape index (κ3) is 7.32. The molecule has 2 rings (SSSR count). The van der Waals surface area contributed by atoms with Gasteiger partial charge in [-0.3, -0.25) is 9.69 Å². The van der Waals surface area contributed by atoms with Gasteiger partial charge in [0.1, 0.15) is 0 Å². The number of ketones is 1. The summed E-state index contributed by atoms with van der Waals surface area (Å²) in [5.41, 5.74) is 0.887. The molecule has 0 spiro atoms. The van der Waals surface area contributed by atoms with Crippen LogP contribution in [0.1, 0.15) is 94.3 Å². The average molecular weight is 344 g/mol. The van der Waals surface area contributed by atoms with E-state index >= 15 is 0 Å². The van der Waals surface area contributed by atoms with Gasteiger partial charge < -0.3 is 0 Å². The van der Waals surface area contributed by atoms with Crippen molar-refractivity contribution >= 4 is 5.78 Å². The smallest absolute Gasteiger partial charge is 0.179 e. The van der Waals surface area contributed by atoms with Crippen molar-refractivity contribution in [3.8, 4) is 0 Å². The maximum atomic E-state index is 13.0. The van der Waals surface area contributed by atoms with Gasteiger partial charge in [0, 0.05) is 5.56 Å². The van der Waals surface area contributed by atoms with Gasteiger partial charge in [-0.2, -0.15) is 0 Å². The molecular formula is C23H37NO. The van der Waals surface area contributed by atoms with Crippen LogP contribution in [0, 0.1) is 0 Å². The summed E-state index contributed by atoms with van der Waals surface area (Å²) in [5.74, 6) is 0.338. The first kappa shape index (κ1) is 20.2. The van der Waals surface area contributed by atoms with Crippen molar-refractivity contribution in [1.29, 1.82) is 0 Å². The van der Waals surface area contributed by atoms with Crippen LogP contribution in [0.2, 0.25) is 0 Å². The van der Waals surface area contributed by atoms with Gasteiger partial charge in [-0.15, -0.1) is 0 Å². The Bertz CT molecular complexity index is 464. The van der Waals surface area contributed by atoms with E-state index in [9.17, 15) is 4.79 Å². The molecule has 2 heteroatoms. The maximum absolute atomic E-state index is 13.0. The van der Waals surface area contributed by atoms with Crippen molar-refractivity contribution < 1.29 is 4.79 Å². The molecule has 1 aliphatic rings. The Labute approximate surface area is 155 Å². The van der Waals surface area contributed by atoms with Gasteiger partial charge in [0.05, 0.1) is 6.04 Å². The molecule has 0 radical (unpaired) electrons. The molecule has 1 aromatic carbocycles. The normalized spacial score (nSPS) is 16.7. The first-order valence-electron chi connectivity index (χ1n) is 10.7. The number of benzene rings is 1. The highest BCUT2D eigenvalue weighted by atomic mass is 16.1. The number of nitrogens with zero attached hydrogens (tertiary/aromatic N) is 1. The van der Waals surface area contributed by atoms with Crippen LogP contribution in [0.15, 0.2) is 30.3 Å². The first-order chi connectivity index (χ1) is 12.3. The molecule has 1 fully saturated rings. The molecule has 1 saturated heterocycles. The van der Waals surface area contributed by atoms with Crippen molar-refractivity contribution in [3.05, 3.63) is 35.9 Å². The van der Waals surface area contributed by atoms with Crippen LogP contribution < -0.4 is 0 Å². The lowest BCUT2D eigenvalue weighted by Gasteiger charge is -2.33. The molecule has 0 amide bonds. The Hall–Kier alpha value is -1.15. The third-order valence-corrected chi connectivity index (χ3v) is 5.52. The Morgan fingerprint density at radius 3 is 2.12 bits per heavy atom. The summed E-state index contributed by atoms with van der Waals surface area (Å²) in [6.45, 7) is 4.46. The summed E-state index contributed by atoms with van der Waals surface area (Å²) < 4.78 is 0. The largest absolute Gasteiger partial charge is 0.293 e. The van der Waals surface area contributed by atoms with Gasteiger partial charge in [0.15, 0.2) is 5.78 Å². The zero-order valence-corrected chi connectivity index (χ0v) is 16.2. The standard InChI is InChI=1S/C23H37NO/c1-2-3-4-5-6-7-8-13-18-22(24-19-14-10-15-20-24)23(25)21-16-11-9-12-17-21/h9,11-12,16-17,22H,2-8,10,13-15,18-20H2,1H3/t22-/m0/s1.